The largest absolute Gasteiger partial charge is 0.449 e. The minimum absolute atomic E-state index is 0.0234. The summed E-state index contributed by atoms with van der Waals surface area (Å²) >= 11 is 5.65. The number of sulfone groups is 1. The van der Waals surface area contributed by atoms with E-state index in [9.17, 15) is 22.4 Å². The van der Waals surface area contributed by atoms with Crippen LogP contribution in [-0.2, 0) is 19.4 Å². The Labute approximate surface area is 161 Å². The number of aryl methyl sites for hydroxylation is 1. The van der Waals surface area contributed by atoms with Crippen molar-refractivity contribution in [2.75, 3.05) is 11.6 Å². The number of amides is 1. The SMILES string of the molecule is Cc1ccc(S(C)(=O)=O)cc1C(=O)O[C@@H](C)C(=O)Nc1ccc(Cl)cc1F. The Morgan fingerprint density at radius 1 is 1.19 bits per heavy atom. The van der Waals surface area contributed by atoms with Gasteiger partial charge in [0.05, 0.1) is 16.1 Å². The first-order valence-corrected chi connectivity index (χ1v) is 10.0. The normalized spacial score (nSPS) is 12.3. The van der Waals surface area contributed by atoms with E-state index in [4.69, 9.17) is 16.3 Å². The minimum Gasteiger partial charge on any atom is -0.449 e. The molecule has 0 radical (unpaired) electrons. The van der Waals surface area contributed by atoms with E-state index in [1.54, 1.807) is 6.92 Å². The van der Waals surface area contributed by atoms with Gasteiger partial charge in [-0.2, -0.15) is 0 Å². The molecule has 2 aromatic carbocycles. The van der Waals surface area contributed by atoms with Crippen LogP contribution < -0.4 is 5.32 Å². The smallest absolute Gasteiger partial charge is 0.339 e. The maximum Gasteiger partial charge on any atom is 0.339 e. The topological polar surface area (TPSA) is 89.5 Å². The summed E-state index contributed by atoms with van der Waals surface area (Å²) in [6.07, 6.45) is -0.224. The summed E-state index contributed by atoms with van der Waals surface area (Å²) in [6.45, 7) is 2.92. The zero-order valence-corrected chi connectivity index (χ0v) is 16.3. The van der Waals surface area contributed by atoms with Gasteiger partial charge in [0.2, 0.25) is 0 Å². The fourth-order valence-corrected chi connectivity index (χ4v) is 2.96. The average molecular weight is 414 g/mol. The summed E-state index contributed by atoms with van der Waals surface area (Å²) in [5.74, 6) is -2.34. The first kappa shape index (κ1) is 20.9. The number of hydrogen-bond donors (Lipinski definition) is 1. The van der Waals surface area contributed by atoms with Crippen molar-refractivity contribution in [1.82, 2.24) is 0 Å². The highest BCUT2D eigenvalue weighted by Gasteiger charge is 2.22. The molecule has 144 valence electrons. The molecule has 1 amide bonds. The lowest BCUT2D eigenvalue weighted by Crippen LogP contribution is -2.30. The van der Waals surface area contributed by atoms with Crippen molar-refractivity contribution in [2.45, 2.75) is 24.8 Å². The third kappa shape index (κ3) is 5.27. The second kappa shape index (κ2) is 8.06. The van der Waals surface area contributed by atoms with Gasteiger partial charge in [0.25, 0.3) is 5.91 Å². The molecular weight excluding hydrogens is 397 g/mol. The number of ether oxygens (including phenoxy) is 1. The predicted molar refractivity (Wildman–Crippen MR) is 99.2 cm³/mol. The van der Waals surface area contributed by atoms with E-state index in [2.05, 4.69) is 5.32 Å². The molecule has 27 heavy (non-hydrogen) atoms. The molecule has 0 aliphatic rings. The molecular formula is C18H17ClFNO5S. The maximum atomic E-state index is 13.7. The van der Waals surface area contributed by atoms with Crippen LogP contribution in [0.3, 0.4) is 0 Å². The fourth-order valence-electron chi connectivity index (χ4n) is 2.15. The zero-order chi connectivity index (χ0) is 20.4. The second-order valence-corrected chi connectivity index (χ2v) is 8.36. The molecule has 2 aromatic rings. The van der Waals surface area contributed by atoms with Crippen molar-refractivity contribution in [3.8, 4) is 0 Å². The zero-order valence-electron chi connectivity index (χ0n) is 14.7. The molecule has 0 aliphatic carbocycles. The summed E-state index contributed by atoms with van der Waals surface area (Å²) in [5.41, 5.74) is 0.404. The summed E-state index contributed by atoms with van der Waals surface area (Å²) < 4.78 is 42.1. The molecule has 0 saturated carbocycles. The first-order chi connectivity index (χ1) is 12.5. The van der Waals surface area contributed by atoms with Gasteiger partial charge in [-0.25, -0.2) is 17.6 Å². The molecule has 0 aliphatic heterocycles. The van der Waals surface area contributed by atoms with Crippen LogP contribution in [0.25, 0.3) is 0 Å². The van der Waals surface area contributed by atoms with Crippen molar-refractivity contribution in [2.24, 2.45) is 0 Å². The van der Waals surface area contributed by atoms with Gasteiger partial charge in [0.1, 0.15) is 5.82 Å². The summed E-state index contributed by atoms with van der Waals surface area (Å²) in [7, 11) is -3.51. The van der Waals surface area contributed by atoms with Crippen molar-refractivity contribution in [3.63, 3.8) is 0 Å². The highest BCUT2D eigenvalue weighted by molar-refractivity contribution is 7.90. The van der Waals surface area contributed by atoms with Crippen LogP contribution >= 0.6 is 11.6 Å². The van der Waals surface area contributed by atoms with Crippen LogP contribution in [0.5, 0.6) is 0 Å². The second-order valence-electron chi connectivity index (χ2n) is 5.91. The standard InChI is InChI=1S/C18H17ClFNO5S/c1-10-4-6-13(27(3,24)25)9-14(10)18(23)26-11(2)17(22)21-16-7-5-12(19)8-15(16)20/h4-9,11H,1-3H3,(H,21,22)/t11-/m0/s1. The molecule has 0 saturated heterocycles. The number of anilines is 1. The number of hydrogen-bond acceptors (Lipinski definition) is 5. The molecule has 0 bridgehead atoms. The minimum atomic E-state index is -3.51. The molecule has 1 N–H and O–H groups in total. The lowest BCUT2D eigenvalue weighted by Gasteiger charge is -2.15. The van der Waals surface area contributed by atoms with Crippen LogP contribution in [0, 0.1) is 12.7 Å². The highest BCUT2D eigenvalue weighted by Crippen LogP contribution is 2.20. The monoisotopic (exact) mass is 413 g/mol. The maximum absolute atomic E-state index is 13.7. The number of carbonyl (C=O) groups is 2. The number of benzene rings is 2. The van der Waals surface area contributed by atoms with Crippen LogP contribution in [0.4, 0.5) is 10.1 Å². The average Bonchev–Trinajstić information content (AvgIpc) is 2.56. The van der Waals surface area contributed by atoms with E-state index in [0.29, 0.717) is 5.56 Å². The summed E-state index contributed by atoms with van der Waals surface area (Å²) in [5, 5.41) is 2.47. The van der Waals surface area contributed by atoms with Crippen molar-refractivity contribution >= 4 is 39.0 Å². The Morgan fingerprint density at radius 2 is 1.85 bits per heavy atom. The number of carbonyl (C=O) groups excluding carboxylic acids is 2. The molecule has 0 heterocycles. The van der Waals surface area contributed by atoms with Crippen molar-refractivity contribution < 1.29 is 27.1 Å². The van der Waals surface area contributed by atoms with E-state index in [1.165, 1.54) is 37.3 Å². The Bertz CT molecular complexity index is 1010. The van der Waals surface area contributed by atoms with Crippen molar-refractivity contribution in [1.29, 1.82) is 0 Å². The first-order valence-electron chi connectivity index (χ1n) is 7.76. The summed E-state index contributed by atoms with van der Waals surface area (Å²) in [4.78, 5) is 24.4. The molecule has 2 rings (SSSR count). The molecule has 1 atom stereocenters. The van der Waals surface area contributed by atoms with Gasteiger partial charge in [-0.05, 0) is 49.7 Å². The number of halogens is 2. The number of esters is 1. The van der Waals surface area contributed by atoms with Crippen LogP contribution in [-0.4, -0.2) is 32.7 Å². The third-order valence-electron chi connectivity index (χ3n) is 3.70. The van der Waals surface area contributed by atoms with E-state index < -0.39 is 33.6 Å². The van der Waals surface area contributed by atoms with Crippen LogP contribution in [0.2, 0.25) is 5.02 Å². The van der Waals surface area contributed by atoms with Gasteiger partial charge < -0.3 is 10.1 Å². The summed E-state index contributed by atoms with van der Waals surface area (Å²) in [6, 6.07) is 7.76. The van der Waals surface area contributed by atoms with Gasteiger partial charge in [0.15, 0.2) is 15.9 Å². The lowest BCUT2D eigenvalue weighted by atomic mass is 10.1. The number of nitrogens with one attached hydrogen (secondary N) is 1. The van der Waals surface area contributed by atoms with Gasteiger partial charge in [-0.15, -0.1) is 0 Å². The van der Waals surface area contributed by atoms with E-state index in [1.807, 2.05) is 0 Å². The highest BCUT2D eigenvalue weighted by atomic mass is 35.5. The Morgan fingerprint density at radius 3 is 2.44 bits per heavy atom. The molecule has 9 heteroatoms. The van der Waals surface area contributed by atoms with Crippen LogP contribution in [0.15, 0.2) is 41.3 Å². The van der Waals surface area contributed by atoms with E-state index in [-0.39, 0.29) is 21.2 Å². The van der Waals surface area contributed by atoms with Gasteiger partial charge in [-0.3, -0.25) is 4.79 Å². The quantitative estimate of drug-likeness (QED) is 0.759. The molecule has 0 unspecified atom stereocenters. The van der Waals surface area contributed by atoms with Gasteiger partial charge >= 0.3 is 5.97 Å². The van der Waals surface area contributed by atoms with E-state index >= 15 is 0 Å². The third-order valence-corrected chi connectivity index (χ3v) is 5.04. The predicted octanol–water partition coefficient (Wildman–Crippen LogP) is 3.38. The van der Waals surface area contributed by atoms with Gasteiger partial charge in [0, 0.05) is 11.3 Å². The molecule has 0 spiro atoms. The van der Waals surface area contributed by atoms with E-state index in [0.717, 1.165) is 12.3 Å². The lowest BCUT2D eigenvalue weighted by molar-refractivity contribution is -0.123. The van der Waals surface area contributed by atoms with Crippen molar-refractivity contribution in [3.05, 3.63) is 58.4 Å². The molecule has 0 aromatic heterocycles. The van der Waals surface area contributed by atoms with Gasteiger partial charge in [-0.1, -0.05) is 17.7 Å². The Balaban J connectivity index is 2.14. The molecule has 0 fully saturated rings. The molecule has 6 nitrogen and oxygen atoms in total. The number of rotatable bonds is 5. The fraction of sp³-hybridized carbons (Fsp3) is 0.222. The Kier molecular flexibility index (Phi) is 6.22. The van der Waals surface area contributed by atoms with Crippen LogP contribution in [0.1, 0.15) is 22.8 Å². The Hall–Kier alpha value is -2.45.